The molecule has 1 heterocycles. The number of carbonyl (C=O) groups is 2. The number of Topliss-reactive ketones (excluding diaryl/α,β-unsaturated/α-hetero) is 1. The van der Waals surface area contributed by atoms with Crippen molar-refractivity contribution in [3.8, 4) is 0 Å². The lowest BCUT2D eigenvalue weighted by molar-refractivity contribution is -0.137. The van der Waals surface area contributed by atoms with E-state index in [0.29, 0.717) is 11.6 Å². The predicted octanol–water partition coefficient (Wildman–Crippen LogP) is 7.66. The summed E-state index contributed by atoms with van der Waals surface area (Å²) in [5.41, 5.74) is 1.64. The van der Waals surface area contributed by atoms with E-state index in [4.69, 9.17) is 0 Å². The Morgan fingerprint density at radius 3 is 2.08 bits per heavy atom. The number of aliphatic carboxylic acids is 1. The van der Waals surface area contributed by atoms with Crippen LogP contribution in [0.5, 0.6) is 0 Å². The summed E-state index contributed by atoms with van der Waals surface area (Å²) in [6.45, 7) is 13.0. The van der Waals surface area contributed by atoms with Gasteiger partial charge in [0, 0.05) is 18.4 Å². The Morgan fingerprint density at radius 2 is 1.56 bits per heavy atom. The number of carbonyl (C=O) groups excluding carboxylic acids is 1. The standard InChI is InChI=1S/C29H49N3O3S/c1-21(2)10-7-11-22(3)12-8-13-23(4)14-9-15-24(5)16-17-36-20-27(29(34)35)32-28-19-30-26(18-31-28)25(6)33/h16,18-19,21-23,27H,7-15,17,20H2,1-6H3,(H,31,32)(H,34,35)/b24-16+/t22?,23?,27-/m0/s1. The molecule has 6 nitrogen and oxygen atoms in total. The summed E-state index contributed by atoms with van der Waals surface area (Å²) in [4.78, 5) is 31.0. The number of nitrogens with zero attached hydrogens (tertiary/aromatic N) is 2. The number of rotatable bonds is 20. The highest BCUT2D eigenvalue weighted by molar-refractivity contribution is 7.99. The Balaban J connectivity index is 2.22. The lowest BCUT2D eigenvalue weighted by atomic mass is 9.91. The fourth-order valence-electron chi connectivity index (χ4n) is 4.13. The smallest absolute Gasteiger partial charge is 0.327 e. The highest BCUT2D eigenvalue weighted by atomic mass is 32.2. The third-order valence-corrected chi connectivity index (χ3v) is 7.58. The molecule has 0 spiro atoms. The van der Waals surface area contributed by atoms with Gasteiger partial charge in [0.05, 0.1) is 12.4 Å². The molecule has 1 rings (SSSR count). The highest BCUT2D eigenvalue weighted by Gasteiger charge is 2.18. The molecule has 7 heteroatoms. The summed E-state index contributed by atoms with van der Waals surface area (Å²) in [5, 5.41) is 12.4. The molecular formula is C29H49N3O3S. The average Bonchev–Trinajstić information content (AvgIpc) is 2.81. The molecule has 0 bridgehead atoms. The molecule has 1 aromatic heterocycles. The number of carboxylic acids is 1. The van der Waals surface area contributed by atoms with E-state index in [1.54, 1.807) is 11.8 Å². The molecular weight excluding hydrogens is 470 g/mol. The monoisotopic (exact) mass is 519 g/mol. The first kappa shape index (κ1) is 32.1. The summed E-state index contributed by atoms with van der Waals surface area (Å²) >= 11 is 1.58. The number of nitrogens with one attached hydrogen (secondary N) is 1. The van der Waals surface area contributed by atoms with Crippen LogP contribution in [0.4, 0.5) is 5.82 Å². The molecule has 0 saturated carbocycles. The number of hydrogen-bond acceptors (Lipinski definition) is 6. The van der Waals surface area contributed by atoms with E-state index in [0.717, 1.165) is 29.9 Å². The normalized spacial score (nSPS) is 14.5. The molecule has 204 valence electrons. The molecule has 0 fully saturated rings. The van der Waals surface area contributed by atoms with Gasteiger partial charge in [-0.1, -0.05) is 84.3 Å². The number of anilines is 1. The first-order valence-electron chi connectivity index (χ1n) is 13.6. The lowest BCUT2D eigenvalue weighted by Gasteiger charge is -2.15. The number of carboxylic acid groups (broad SMARTS) is 1. The Kier molecular flexibility index (Phi) is 16.4. The van der Waals surface area contributed by atoms with Crippen molar-refractivity contribution in [1.29, 1.82) is 0 Å². The minimum absolute atomic E-state index is 0.173. The van der Waals surface area contributed by atoms with Crippen molar-refractivity contribution >= 4 is 29.3 Å². The third kappa shape index (κ3) is 15.3. The molecule has 0 saturated heterocycles. The first-order chi connectivity index (χ1) is 17.1. The van der Waals surface area contributed by atoms with Crippen LogP contribution in [0.15, 0.2) is 24.0 Å². The van der Waals surface area contributed by atoms with Crippen molar-refractivity contribution in [2.24, 2.45) is 17.8 Å². The van der Waals surface area contributed by atoms with Gasteiger partial charge in [0.25, 0.3) is 0 Å². The summed E-state index contributed by atoms with van der Waals surface area (Å²) in [7, 11) is 0. The molecule has 36 heavy (non-hydrogen) atoms. The number of aromatic nitrogens is 2. The second-order valence-corrected chi connectivity index (χ2v) is 11.9. The van der Waals surface area contributed by atoms with E-state index in [1.165, 1.54) is 76.3 Å². The van der Waals surface area contributed by atoms with E-state index in [-0.39, 0.29) is 11.5 Å². The zero-order valence-corrected chi connectivity index (χ0v) is 24.2. The SMILES string of the molecule is CC(=O)c1cnc(N[C@@H](CSC/C=C(\C)CCCC(C)CCCC(C)CCCC(C)C)C(=O)O)cn1. The maximum absolute atomic E-state index is 11.6. The Morgan fingerprint density at radius 1 is 0.944 bits per heavy atom. The van der Waals surface area contributed by atoms with Crippen molar-refractivity contribution in [1.82, 2.24) is 9.97 Å². The van der Waals surface area contributed by atoms with Gasteiger partial charge in [-0.05, 0) is 37.5 Å². The zero-order chi connectivity index (χ0) is 26.9. The van der Waals surface area contributed by atoms with E-state index in [1.807, 2.05) is 0 Å². The third-order valence-electron chi connectivity index (χ3n) is 6.61. The van der Waals surface area contributed by atoms with Crippen LogP contribution in [0.3, 0.4) is 0 Å². The second-order valence-electron chi connectivity index (χ2n) is 10.8. The van der Waals surface area contributed by atoms with Crippen LogP contribution in [0, 0.1) is 17.8 Å². The fraction of sp³-hybridized carbons (Fsp3) is 0.724. The van der Waals surface area contributed by atoms with Gasteiger partial charge in [-0.2, -0.15) is 11.8 Å². The average molecular weight is 520 g/mol. The summed E-state index contributed by atoms with van der Waals surface area (Å²) < 4.78 is 0. The molecule has 0 amide bonds. The van der Waals surface area contributed by atoms with E-state index >= 15 is 0 Å². The number of allylic oxidation sites excluding steroid dienone is 1. The number of hydrogen-bond donors (Lipinski definition) is 2. The maximum Gasteiger partial charge on any atom is 0.327 e. The van der Waals surface area contributed by atoms with Gasteiger partial charge in [0.15, 0.2) is 5.78 Å². The zero-order valence-electron chi connectivity index (χ0n) is 23.4. The Bertz CT molecular complexity index is 795. The van der Waals surface area contributed by atoms with E-state index in [9.17, 15) is 14.7 Å². The van der Waals surface area contributed by atoms with Crippen LogP contribution in [-0.4, -0.2) is 44.4 Å². The quantitative estimate of drug-likeness (QED) is 0.104. The van der Waals surface area contributed by atoms with Crippen LogP contribution in [-0.2, 0) is 4.79 Å². The van der Waals surface area contributed by atoms with Gasteiger partial charge in [0.2, 0.25) is 0 Å². The number of thioether (sulfide) groups is 1. The fourth-order valence-corrected chi connectivity index (χ4v) is 5.13. The molecule has 3 atom stereocenters. The van der Waals surface area contributed by atoms with Crippen LogP contribution >= 0.6 is 11.8 Å². The van der Waals surface area contributed by atoms with Crippen LogP contribution in [0.25, 0.3) is 0 Å². The van der Waals surface area contributed by atoms with Crippen molar-refractivity contribution in [3.05, 3.63) is 29.7 Å². The minimum atomic E-state index is -0.931. The lowest BCUT2D eigenvalue weighted by Crippen LogP contribution is -2.32. The van der Waals surface area contributed by atoms with Crippen LogP contribution < -0.4 is 5.32 Å². The molecule has 0 aliphatic carbocycles. The van der Waals surface area contributed by atoms with Crippen LogP contribution in [0.1, 0.15) is 110 Å². The molecule has 0 aromatic carbocycles. The van der Waals surface area contributed by atoms with Crippen LogP contribution in [0.2, 0.25) is 0 Å². The highest BCUT2D eigenvalue weighted by Crippen LogP contribution is 2.22. The van der Waals surface area contributed by atoms with Crippen molar-refractivity contribution in [3.63, 3.8) is 0 Å². The van der Waals surface area contributed by atoms with Gasteiger partial charge < -0.3 is 10.4 Å². The van der Waals surface area contributed by atoms with Gasteiger partial charge in [0.1, 0.15) is 17.6 Å². The molecule has 2 N–H and O–H groups in total. The predicted molar refractivity (Wildman–Crippen MR) is 153 cm³/mol. The Labute approximate surface area is 223 Å². The van der Waals surface area contributed by atoms with Crippen molar-refractivity contribution in [2.45, 2.75) is 105 Å². The Hall–Kier alpha value is -1.89. The molecule has 0 aliphatic rings. The molecule has 2 unspecified atom stereocenters. The van der Waals surface area contributed by atoms with E-state index < -0.39 is 12.0 Å². The summed E-state index contributed by atoms with van der Waals surface area (Å²) in [6, 6.07) is -0.764. The van der Waals surface area contributed by atoms with Gasteiger partial charge in [-0.3, -0.25) is 4.79 Å². The number of ketones is 1. The summed E-state index contributed by atoms with van der Waals surface area (Å²) in [6.07, 6.45) is 16.7. The van der Waals surface area contributed by atoms with Gasteiger partial charge in [-0.25, -0.2) is 14.8 Å². The van der Waals surface area contributed by atoms with Crippen molar-refractivity contribution in [2.75, 3.05) is 16.8 Å². The molecule has 1 aromatic rings. The molecule has 0 aliphatic heterocycles. The largest absolute Gasteiger partial charge is 0.480 e. The second kappa shape index (κ2) is 18.4. The summed E-state index contributed by atoms with van der Waals surface area (Å²) in [5.74, 6) is 2.92. The van der Waals surface area contributed by atoms with Crippen molar-refractivity contribution < 1.29 is 14.7 Å². The first-order valence-corrected chi connectivity index (χ1v) is 14.8. The van der Waals surface area contributed by atoms with E-state index in [2.05, 4.69) is 56.0 Å². The van der Waals surface area contributed by atoms with Gasteiger partial charge in [-0.15, -0.1) is 0 Å². The maximum atomic E-state index is 11.6. The molecule has 0 radical (unpaired) electrons. The van der Waals surface area contributed by atoms with Gasteiger partial charge >= 0.3 is 5.97 Å². The topological polar surface area (TPSA) is 92.2 Å². The minimum Gasteiger partial charge on any atom is -0.480 e.